The predicted molar refractivity (Wildman–Crippen MR) is 131 cm³/mol. The first-order chi connectivity index (χ1) is 14.8. The van der Waals surface area contributed by atoms with Crippen LogP contribution in [-0.4, -0.2) is 36.5 Å². The van der Waals surface area contributed by atoms with Crippen molar-refractivity contribution in [3.05, 3.63) is 83.5 Å². The lowest BCUT2D eigenvalue weighted by Crippen LogP contribution is -2.17. The molecule has 0 bridgehead atoms. The fraction of sp³-hybridized carbons (Fsp3) is 0.393. The average molecular weight is 400 g/mol. The Morgan fingerprint density at radius 1 is 0.933 bits per heavy atom. The normalized spacial score (nSPS) is 19.6. The maximum Gasteiger partial charge on any atom is 0.199 e. The fourth-order valence-electron chi connectivity index (χ4n) is 4.52. The number of allylic oxidation sites excluding steroid dienone is 9. The van der Waals surface area contributed by atoms with E-state index in [9.17, 15) is 0 Å². The maximum absolute atomic E-state index is 2.49. The molecule has 0 amide bonds. The molecule has 0 aromatic heterocycles. The molecular formula is C28H35N2+. The van der Waals surface area contributed by atoms with Crippen molar-refractivity contribution in [3.63, 3.8) is 0 Å². The zero-order valence-electron chi connectivity index (χ0n) is 18.4. The molecule has 0 N–H and O–H groups in total. The quantitative estimate of drug-likeness (QED) is 0.400. The highest BCUT2D eigenvalue weighted by atomic mass is 15.1. The second-order valence-corrected chi connectivity index (χ2v) is 8.57. The van der Waals surface area contributed by atoms with Gasteiger partial charge in [-0.3, -0.25) is 0 Å². The van der Waals surface area contributed by atoms with E-state index in [1.165, 1.54) is 80.0 Å². The summed E-state index contributed by atoms with van der Waals surface area (Å²) in [5.74, 6) is 0. The van der Waals surface area contributed by atoms with Crippen LogP contribution in [-0.2, 0) is 0 Å². The molecule has 0 atom stereocenters. The average Bonchev–Trinajstić information content (AvgIpc) is 3.50. The smallest absolute Gasteiger partial charge is 0.199 e. The molecular weight excluding hydrogens is 364 g/mol. The molecule has 30 heavy (non-hydrogen) atoms. The Hall–Kier alpha value is -2.61. The minimum Gasteiger partial charge on any atom is -0.372 e. The zero-order chi connectivity index (χ0) is 20.6. The third kappa shape index (κ3) is 5.50. The Balaban J connectivity index is 1.41. The van der Waals surface area contributed by atoms with Gasteiger partial charge in [0, 0.05) is 43.8 Å². The maximum atomic E-state index is 2.49. The monoisotopic (exact) mass is 399 g/mol. The topological polar surface area (TPSA) is 6.25 Å². The van der Waals surface area contributed by atoms with Gasteiger partial charge >= 0.3 is 0 Å². The van der Waals surface area contributed by atoms with Crippen LogP contribution < -0.4 is 4.90 Å². The van der Waals surface area contributed by atoms with Crippen LogP contribution >= 0.6 is 0 Å². The summed E-state index contributed by atoms with van der Waals surface area (Å²) in [6.07, 6.45) is 25.7. The Kier molecular flexibility index (Phi) is 7.18. The van der Waals surface area contributed by atoms with Crippen molar-refractivity contribution < 1.29 is 4.58 Å². The van der Waals surface area contributed by atoms with Crippen molar-refractivity contribution in [1.82, 2.24) is 0 Å². The van der Waals surface area contributed by atoms with Crippen LogP contribution in [0.15, 0.2) is 77.9 Å². The molecule has 2 aliphatic heterocycles. The molecule has 1 aromatic carbocycles. The van der Waals surface area contributed by atoms with E-state index in [1.54, 1.807) is 0 Å². The number of nitrogens with zero attached hydrogens (tertiary/aromatic N) is 2. The lowest BCUT2D eigenvalue weighted by molar-refractivity contribution is -0.504. The van der Waals surface area contributed by atoms with Gasteiger partial charge in [-0.05, 0) is 60.3 Å². The summed E-state index contributed by atoms with van der Waals surface area (Å²) in [6, 6.07) is 8.99. The Morgan fingerprint density at radius 2 is 1.63 bits per heavy atom. The predicted octanol–water partition coefficient (Wildman–Crippen LogP) is 6.33. The number of anilines is 1. The summed E-state index contributed by atoms with van der Waals surface area (Å²) < 4.78 is 2.49. The summed E-state index contributed by atoms with van der Waals surface area (Å²) >= 11 is 0. The van der Waals surface area contributed by atoms with E-state index in [4.69, 9.17) is 0 Å². The minimum atomic E-state index is 1.10. The number of rotatable bonds is 6. The molecule has 0 spiro atoms. The van der Waals surface area contributed by atoms with Gasteiger partial charge in [0.05, 0.1) is 0 Å². The van der Waals surface area contributed by atoms with Gasteiger partial charge in [-0.15, -0.1) is 0 Å². The van der Waals surface area contributed by atoms with Crippen LogP contribution in [0.25, 0.3) is 6.08 Å². The van der Waals surface area contributed by atoms with Crippen LogP contribution in [0.5, 0.6) is 0 Å². The SMILES string of the molecule is CCCC(C=C1C=CC(=[N+]2CCCC2)C=C1)=CC=Cc1ccc(N2CCCC2)cc1. The lowest BCUT2D eigenvalue weighted by atomic mass is 10.0. The Morgan fingerprint density at radius 3 is 2.30 bits per heavy atom. The molecule has 2 heteroatoms. The molecule has 2 fully saturated rings. The molecule has 4 rings (SSSR count). The summed E-state index contributed by atoms with van der Waals surface area (Å²) in [7, 11) is 0. The first-order valence-electron chi connectivity index (χ1n) is 11.7. The van der Waals surface area contributed by atoms with E-state index >= 15 is 0 Å². The molecule has 1 aliphatic carbocycles. The summed E-state index contributed by atoms with van der Waals surface area (Å²) in [6.45, 7) is 7.06. The largest absolute Gasteiger partial charge is 0.372 e. The van der Waals surface area contributed by atoms with Crippen LogP contribution in [0.3, 0.4) is 0 Å². The van der Waals surface area contributed by atoms with E-state index in [0.717, 1.165) is 12.8 Å². The van der Waals surface area contributed by atoms with Crippen molar-refractivity contribution in [1.29, 1.82) is 0 Å². The van der Waals surface area contributed by atoms with Crippen molar-refractivity contribution in [3.8, 4) is 0 Å². The first kappa shape index (κ1) is 20.7. The van der Waals surface area contributed by atoms with Crippen molar-refractivity contribution in [2.75, 3.05) is 31.1 Å². The highest BCUT2D eigenvalue weighted by Gasteiger charge is 2.17. The van der Waals surface area contributed by atoms with Gasteiger partial charge in [-0.1, -0.05) is 49.8 Å². The van der Waals surface area contributed by atoms with E-state index in [1.807, 2.05) is 0 Å². The van der Waals surface area contributed by atoms with E-state index in [-0.39, 0.29) is 0 Å². The first-order valence-corrected chi connectivity index (χ1v) is 11.7. The fourth-order valence-corrected chi connectivity index (χ4v) is 4.52. The van der Waals surface area contributed by atoms with Gasteiger partial charge in [0.25, 0.3) is 0 Å². The molecule has 1 aromatic rings. The minimum absolute atomic E-state index is 1.10. The third-order valence-corrected chi connectivity index (χ3v) is 6.22. The number of hydrogen-bond donors (Lipinski definition) is 0. The van der Waals surface area contributed by atoms with Crippen molar-refractivity contribution in [2.45, 2.75) is 45.4 Å². The molecule has 156 valence electrons. The van der Waals surface area contributed by atoms with Gasteiger partial charge in [0.15, 0.2) is 5.71 Å². The Labute approximate surface area is 182 Å². The van der Waals surface area contributed by atoms with E-state index in [2.05, 4.69) is 89.3 Å². The summed E-state index contributed by atoms with van der Waals surface area (Å²) in [5, 5.41) is 0. The molecule has 2 heterocycles. The van der Waals surface area contributed by atoms with Crippen LogP contribution in [0.2, 0.25) is 0 Å². The lowest BCUT2D eigenvalue weighted by Gasteiger charge is -2.17. The zero-order valence-corrected chi connectivity index (χ0v) is 18.4. The van der Waals surface area contributed by atoms with Gasteiger partial charge in [0.1, 0.15) is 13.1 Å². The second kappa shape index (κ2) is 10.4. The van der Waals surface area contributed by atoms with Gasteiger partial charge in [0.2, 0.25) is 0 Å². The molecule has 0 saturated carbocycles. The standard InChI is InChI=1S/C28H35N2/c1-2-8-25(23-26-13-17-28(18-14-26)30-21-5-6-22-30)10-7-9-24-11-15-27(16-12-24)29-19-3-4-20-29/h7,9-18,23H,2-6,8,19-22H2,1H3/q+1. The Bertz CT molecular complexity index is 874. The summed E-state index contributed by atoms with van der Waals surface area (Å²) in [4.78, 5) is 2.48. The molecule has 2 nitrogen and oxygen atoms in total. The number of benzene rings is 1. The molecule has 0 radical (unpaired) electrons. The van der Waals surface area contributed by atoms with E-state index in [0.29, 0.717) is 0 Å². The molecule has 2 saturated heterocycles. The molecule has 0 unspecified atom stereocenters. The highest BCUT2D eigenvalue weighted by Crippen LogP contribution is 2.21. The van der Waals surface area contributed by atoms with Crippen LogP contribution in [0, 0.1) is 0 Å². The second-order valence-electron chi connectivity index (χ2n) is 8.57. The van der Waals surface area contributed by atoms with Gasteiger partial charge in [-0.2, -0.15) is 0 Å². The van der Waals surface area contributed by atoms with Crippen LogP contribution in [0.1, 0.15) is 51.0 Å². The van der Waals surface area contributed by atoms with Crippen molar-refractivity contribution >= 4 is 17.5 Å². The summed E-state index contributed by atoms with van der Waals surface area (Å²) in [5.41, 5.74) is 6.66. The van der Waals surface area contributed by atoms with E-state index < -0.39 is 0 Å². The third-order valence-electron chi connectivity index (χ3n) is 6.22. The van der Waals surface area contributed by atoms with Crippen molar-refractivity contribution in [2.24, 2.45) is 0 Å². The molecule has 3 aliphatic rings. The van der Waals surface area contributed by atoms with Gasteiger partial charge in [-0.25, -0.2) is 4.58 Å². The van der Waals surface area contributed by atoms with Gasteiger partial charge < -0.3 is 4.90 Å². The number of hydrogen-bond acceptors (Lipinski definition) is 1. The van der Waals surface area contributed by atoms with Crippen LogP contribution in [0.4, 0.5) is 5.69 Å². The highest BCUT2D eigenvalue weighted by molar-refractivity contribution is 6.02.